The topological polar surface area (TPSA) is 59.5 Å². The van der Waals surface area contributed by atoms with E-state index in [0.717, 1.165) is 25.8 Å². The van der Waals surface area contributed by atoms with E-state index in [2.05, 4.69) is 4.98 Å². The first kappa shape index (κ1) is 15.8. The number of fused-ring (bicyclic) bond motifs is 4. The molecule has 7 heteroatoms. The molecule has 1 amide bonds. The van der Waals surface area contributed by atoms with Gasteiger partial charge in [0, 0.05) is 17.7 Å². The van der Waals surface area contributed by atoms with Crippen LogP contribution in [0.3, 0.4) is 0 Å². The summed E-state index contributed by atoms with van der Waals surface area (Å²) >= 11 is 2.94. The van der Waals surface area contributed by atoms with Crippen molar-refractivity contribution in [2.75, 3.05) is 4.90 Å². The number of carbonyl (C=O) groups excluding carboxylic acids is 2. The lowest BCUT2D eigenvalue weighted by Crippen LogP contribution is -2.47. The smallest absolute Gasteiger partial charge is 0.343 e. The summed E-state index contributed by atoms with van der Waals surface area (Å²) in [5, 5.41) is 0.757. The third-order valence-electron chi connectivity index (χ3n) is 4.66. The lowest BCUT2D eigenvalue weighted by molar-refractivity contribution is -0.148. The van der Waals surface area contributed by atoms with E-state index in [1.165, 1.54) is 23.1 Å². The highest BCUT2D eigenvalue weighted by atomic mass is 32.2. The molecule has 2 aliphatic rings. The van der Waals surface area contributed by atoms with Crippen LogP contribution in [-0.4, -0.2) is 21.7 Å². The number of nitrogens with zero attached hydrogens (tertiary/aromatic N) is 2. The monoisotopic (exact) mass is 382 g/mol. The van der Waals surface area contributed by atoms with Crippen molar-refractivity contribution < 1.29 is 14.3 Å². The predicted octanol–water partition coefficient (Wildman–Crippen LogP) is 3.97. The molecule has 1 unspecified atom stereocenters. The van der Waals surface area contributed by atoms with Crippen LogP contribution in [0.15, 0.2) is 53.4 Å². The second-order valence-electron chi connectivity index (χ2n) is 6.23. The second kappa shape index (κ2) is 5.82. The molecule has 2 aromatic carbocycles. The van der Waals surface area contributed by atoms with Crippen molar-refractivity contribution in [2.45, 2.75) is 29.2 Å². The number of carbonyl (C=O) groups is 2. The molecule has 0 N–H and O–H groups in total. The van der Waals surface area contributed by atoms with Crippen molar-refractivity contribution in [3.8, 4) is 0 Å². The van der Waals surface area contributed by atoms with Gasteiger partial charge in [-0.3, -0.25) is 9.69 Å². The number of para-hydroxylation sites is 2. The molecule has 0 saturated carbocycles. The molecule has 0 radical (unpaired) electrons. The third-order valence-corrected chi connectivity index (χ3v) is 7.12. The van der Waals surface area contributed by atoms with Gasteiger partial charge in [-0.25, -0.2) is 9.78 Å². The normalized spacial score (nSPS) is 21.1. The fourth-order valence-electron chi connectivity index (χ4n) is 3.49. The van der Waals surface area contributed by atoms with Crippen molar-refractivity contribution in [2.24, 2.45) is 0 Å². The van der Waals surface area contributed by atoms with Crippen LogP contribution in [0.4, 0.5) is 5.69 Å². The zero-order valence-corrected chi connectivity index (χ0v) is 15.3. The number of rotatable bonds is 3. The van der Waals surface area contributed by atoms with Crippen LogP contribution in [0.2, 0.25) is 0 Å². The number of amides is 1. The molecule has 130 valence electrons. The van der Waals surface area contributed by atoms with E-state index in [1.54, 1.807) is 4.90 Å². The van der Waals surface area contributed by atoms with E-state index in [-0.39, 0.29) is 18.5 Å². The summed E-state index contributed by atoms with van der Waals surface area (Å²) in [5.74, 6) is -0.400. The maximum Gasteiger partial charge on any atom is 0.343 e. The van der Waals surface area contributed by atoms with Gasteiger partial charge in [-0.2, -0.15) is 0 Å². The lowest BCUT2D eigenvalue weighted by Gasteiger charge is -2.28. The van der Waals surface area contributed by atoms with Gasteiger partial charge in [-0.15, -0.1) is 11.3 Å². The molecule has 1 atom stereocenters. The van der Waals surface area contributed by atoms with Crippen LogP contribution in [-0.2, 0) is 20.9 Å². The van der Waals surface area contributed by atoms with E-state index in [9.17, 15) is 9.59 Å². The summed E-state index contributed by atoms with van der Waals surface area (Å²) in [5.41, 5.74) is 1.71. The largest absolute Gasteiger partial charge is 0.456 e. The van der Waals surface area contributed by atoms with Crippen molar-refractivity contribution >= 4 is 50.9 Å². The molecule has 5 rings (SSSR count). The fraction of sp³-hybridized carbons (Fsp3) is 0.211. The van der Waals surface area contributed by atoms with Crippen LogP contribution in [0.25, 0.3) is 10.2 Å². The minimum absolute atomic E-state index is 0.0283. The number of hydrogen-bond donors (Lipinski definition) is 0. The van der Waals surface area contributed by atoms with Gasteiger partial charge < -0.3 is 4.74 Å². The molecule has 1 fully saturated rings. The van der Waals surface area contributed by atoms with Crippen LogP contribution in [0.5, 0.6) is 0 Å². The van der Waals surface area contributed by atoms with E-state index < -0.39 is 4.87 Å². The molecule has 1 saturated heterocycles. The fourth-order valence-corrected chi connectivity index (χ4v) is 5.79. The zero-order chi connectivity index (χ0) is 17.7. The molecule has 2 aliphatic heterocycles. The Labute approximate surface area is 158 Å². The Morgan fingerprint density at radius 3 is 2.88 bits per heavy atom. The molecule has 1 aromatic heterocycles. The standard InChI is InChI=1S/C19H14N2O3S2/c22-17-9-10-19(21(17)13-6-2-4-8-15(13)26-19)18(23)24-11-16-20-12-5-1-3-7-14(12)25-16/h1-8H,9-11H2. The van der Waals surface area contributed by atoms with Gasteiger partial charge in [0.05, 0.1) is 15.9 Å². The van der Waals surface area contributed by atoms with Gasteiger partial charge in [-0.1, -0.05) is 36.0 Å². The van der Waals surface area contributed by atoms with Gasteiger partial charge in [-0.05, 0) is 24.3 Å². The van der Waals surface area contributed by atoms with Gasteiger partial charge in [0.25, 0.3) is 0 Å². The van der Waals surface area contributed by atoms with Crippen LogP contribution >= 0.6 is 23.1 Å². The number of aromatic nitrogens is 1. The first-order valence-electron chi connectivity index (χ1n) is 8.30. The summed E-state index contributed by atoms with van der Waals surface area (Å²) in [6.07, 6.45) is 0.821. The quantitative estimate of drug-likeness (QED) is 0.642. The van der Waals surface area contributed by atoms with Crippen molar-refractivity contribution in [3.05, 3.63) is 53.5 Å². The Balaban J connectivity index is 1.40. The number of hydrogen-bond acceptors (Lipinski definition) is 6. The number of esters is 1. The molecule has 5 nitrogen and oxygen atoms in total. The molecule has 0 aliphatic carbocycles. The van der Waals surface area contributed by atoms with Gasteiger partial charge in [0.15, 0.2) is 4.87 Å². The summed E-state index contributed by atoms with van der Waals surface area (Å²) in [7, 11) is 0. The van der Waals surface area contributed by atoms with Crippen molar-refractivity contribution in [1.82, 2.24) is 4.98 Å². The summed E-state index contributed by atoms with van der Waals surface area (Å²) in [6, 6.07) is 15.5. The van der Waals surface area contributed by atoms with E-state index >= 15 is 0 Å². The highest BCUT2D eigenvalue weighted by Crippen LogP contribution is 2.56. The molecule has 0 spiro atoms. The summed E-state index contributed by atoms with van der Waals surface area (Å²) < 4.78 is 6.69. The molecule has 3 heterocycles. The van der Waals surface area contributed by atoms with Gasteiger partial charge >= 0.3 is 5.97 Å². The van der Waals surface area contributed by atoms with Crippen LogP contribution in [0.1, 0.15) is 17.8 Å². The number of thiazole rings is 1. The predicted molar refractivity (Wildman–Crippen MR) is 101 cm³/mol. The number of thioether (sulfide) groups is 1. The molecule has 26 heavy (non-hydrogen) atoms. The van der Waals surface area contributed by atoms with Gasteiger partial charge in [0.1, 0.15) is 11.6 Å². The van der Waals surface area contributed by atoms with E-state index in [0.29, 0.717) is 12.8 Å². The maximum absolute atomic E-state index is 13.0. The Kier molecular flexibility index (Phi) is 3.55. The third kappa shape index (κ3) is 2.27. The van der Waals surface area contributed by atoms with Crippen LogP contribution in [0, 0.1) is 0 Å². The maximum atomic E-state index is 13.0. The first-order valence-corrected chi connectivity index (χ1v) is 9.93. The number of anilines is 1. The lowest BCUT2D eigenvalue weighted by atomic mass is 10.2. The van der Waals surface area contributed by atoms with Crippen LogP contribution < -0.4 is 4.90 Å². The highest BCUT2D eigenvalue weighted by Gasteiger charge is 2.58. The zero-order valence-electron chi connectivity index (χ0n) is 13.7. The SMILES string of the molecule is O=C1CCC2(C(=O)OCc3nc4ccccc4s3)Sc3ccccc3N12. The molecule has 3 aromatic rings. The van der Waals surface area contributed by atoms with E-state index in [1.807, 2.05) is 48.5 Å². The Morgan fingerprint density at radius 1 is 1.19 bits per heavy atom. The molecule has 0 bridgehead atoms. The summed E-state index contributed by atoms with van der Waals surface area (Å²) in [4.78, 5) is 31.5. The van der Waals surface area contributed by atoms with E-state index in [4.69, 9.17) is 4.74 Å². The Bertz CT molecular complexity index is 1010. The molecular formula is C19H14N2O3S2. The number of benzene rings is 2. The van der Waals surface area contributed by atoms with Crippen molar-refractivity contribution in [1.29, 1.82) is 0 Å². The second-order valence-corrected chi connectivity index (χ2v) is 8.67. The highest BCUT2D eigenvalue weighted by molar-refractivity contribution is 8.02. The minimum Gasteiger partial charge on any atom is -0.456 e. The van der Waals surface area contributed by atoms with Crippen molar-refractivity contribution in [3.63, 3.8) is 0 Å². The summed E-state index contributed by atoms with van der Waals surface area (Å²) in [6.45, 7) is 0.124. The average molecular weight is 382 g/mol. The van der Waals surface area contributed by atoms with Gasteiger partial charge in [0.2, 0.25) is 5.91 Å². The Hall–Kier alpha value is -2.38. The average Bonchev–Trinajstić information content (AvgIpc) is 3.31. The Morgan fingerprint density at radius 2 is 2.00 bits per heavy atom. The first-order chi connectivity index (χ1) is 12.7. The number of ether oxygens (including phenoxy) is 1. The minimum atomic E-state index is -0.975. The molecular weight excluding hydrogens is 368 g/mol.